The van der Waals surface area contributed by atoms with Crippen LogP contribution in [0, 0.1) is 22.5 Å². The van der Waals surface area contributed by atoms with E-state index in [1.165, 1.54) is 12.1 Å². The molecule has 0 unspecified atom stereocenters. The van der Waals surface area contributed by atoms with Crippen molar-refractivity contribution in [2.45, 2.75) is 6.42 Å². The number of hydrogen-bond donors (Lipinski definition) is 1. The highest BCUT2D eigenvalue weighted by atomic mass is 35.5. The third-order valence-electron chi connectivity index (χ3n) is 3.83. The minimum atomic E-state index is -0.464. The molecule has 2 rings (SSSR count). The molecule has 1 amide bonds. The number of nitrogens with zero attached hydrogens (tertiary/aromatic N) is 3. The minimum Gasteiger partial charge on any atom is -0.369 e. The normalized spacial score (nSPS) is 15.4. The first-order valence-corrected chi connectivity index (χ1v) is 8.00. The van der Waals surface area contributed by atoms with Crippen molar-refractivity contribution in [3.05, 3.63) is 33.3 Å². The van der Waals surface area contributed by atoms with E-state index in [4.69, 9.17) is 18.0 Å². The van der Waals surface area contributed by atoms with Crippen molar-refractivity contribution in [3.63, 3.8) is 0 Å². The second-order valence-electron chi connectivity index (χ2n) is 5.49. The highest BCUT2D eigenvalue weighted by Gasteiger charge is 2.20. The first-order valence-electron chi connectivity index (χ1n) is 7.62. The van der Waals surface area contributed by atoms with Crippen molar-refractivity contribution in [1.82, 2.24) is 10.2 Å². The molecule has 1 aliphatic heterocycles. The molecular formula is C16H19ClN4O3. The van der Waals surface area contributed by atoms with Crippen molar-refractivity contribution < 1.29 is 9.72 Å². The Morgan fingerprint density at radius 1 is 1.38 bits per heavy atom. The van der Waals surface area contributed by atoms with Crippen LogP contribution in [0.1, 0.15) is 6.42 Å². The first-order chi connectivity index (χ1) is 11.5. The molecule has 24 heavy (non-hydrogen) atoms. The highest BCUT2D eigenvalue weighted by molar-refractivity contribution is 6.33. The molecule has 0 spiro atoms. The van der Waals surface area contributed by atoms with E-state index in [0.29, 0.717) is 24.7 Å². The fourth-order valence-electron chi connectivity index (χ4n) is 2.64. The number of rotatable bonds is 5. The number of carbonyl (C=O) groups excluding carboxylic acids is 1. The van der Waals surface area contributed by atoms with Gasteiger partial charge in [-0.25, -0.2) is 0 Å². The summed E-state index contributed by atoms with van der Waals surface area (Å²) in [5.41, 5.74) is 0.756. The van der Waals surface area contributed by atoms with Crippen LogP contribution in [0.4, 0.5) is 11.4 Å². The smallest absolute Gasteiger partial charge is 0.271 e. The van der Waals surface area contributed by atoms with Gasteiger partial charge in [-0.3, -0.25) is 19.8 Å². The van der Waals surface area contributed by atoms with Gasteiger partial charge < -0.3 is 10.2 Å². The number of halogens is 1. The summed E-state index contributed by atoms with van der Waals surface area (Å²) >= 11 is 6.20. The van der Waals surface area contributed by atoms with Crippen molar-refractivity contribution in [1.29, 1.82) is 0 Å². The Morgan fingerprint density at radius 3 is 2.83 bits per heavy atom. The molecule has 1 aromatic rings. The summed E-state index contributed by atoms with van der Waals surface area (Å²) in [6.45, 7) is 3.52. The van der Waals surface area contributed by atoms with Crippen molar-refractivity contribution in [3.8, 4) is 12.3 Å². The second kappa shape index (κ2) is 8.52. The number of nitrogens with one attached hydrogen (secondary N) is 1. The SMILES string of the molecule is C#CCNC(=O)CN1CCCN(c2ccc([N+](=O)[O-])cc2Cl)CC1. The number of hydrogen-bond acceptors (Lipinski definition) is 5. The predicted octanol–water partition coefficient (Wildman–Crippen LogP) is 1.51. The van der Waals surface area contributed by atoms with Crippen LogP contribution in [0.2, 0.25) is 5.02 Å². The molecule has 1 aliphatic rings. The number of amides is 1. The van der Waals surface area contributed by atoms with Crippen LogP contribution in [-0.2, 0) is 4.79 Å². The van der Waals surface area contributed by atoms with Crippen molar-refractivity contribution in [2.24, 2.45) is 0 Å². The summed E-state index contributed by atoms with van der Waals surface area (Å²) in [7, 11) is 0. The molecule has 7 nitrogen and oxygen atoms in total. The van der Waals surface area contributed by atoms with Crippen LogP contribution in [0.25, 0.3) is 0 Å². The van der Waals surface area contributed by atoms with E-state index in [-0.39, 0.29) is 18.1 Å². The molecule has 1 saturated heterocycles. The number of non-ortho nitro benzene ring substituents is 1. The van der Waals surface area contributed by atoms with Gasteiger partial charge in [-0.1, -0.05) is 17.5 Å². The van der Waals surface area contributed by atoms with Gasteiger partial charge in [-0.05, 0) is 12.5 Å². The van der Waals surface area contributed by atoms with Gasteiger partial charge in [0.05, 0.1) is 28.7 Å². The highest BCUT2D eigenvalue weighted by Crippen LogP contribution is 2.30. The van der Waals surface area contributed by atoms with E-state index in [2.05, 4.69) is 21.0 Å². The lowest BCUT2D eigenvalue weighted by Gasteiger charge is -2.24. The third-order valence-corrected chi connectivity index (χ3v) is 4.13. The number of terminal acetylenes is 1. The number of nitro groups is 1. The summed E-state index contributed by atoms with van der Waals surface area (Å²) in [5, 5.41) is 13.8. The van der Waals surface area contributed by atoms with Crippen LogP contribution in [0.5, 0.6) is 0 Å². The van der Waals surface area contributed by atoms with E-state index in [1.54, 1.807) is 6.07 Å². The van der Waals surface area contributed by atoms with E-state index in [0.717, 1.165) is 25.2 Å². The fraction of sp³-hybridized carbons (Fsp3) is 0.438. The Bertz CT molecular complexity index is 659. The maximum Gasteiger partial charge on any atom is 0.271 e. The van der Waals surface area contributed by atoms with Gasteiger partial charge in [-0.15, -0.1) is 6.42 Å². The van der Waals surface area contributed by atoms with Gasteiger partial charge in [0.1, 0.15) is 0 Å². The van der Waals surface area contributed by atoms with Crippen LogP contribution >= 0.6 is 11.6 Å². The number of carbonyl (C=O) groups is 1. The molecule has 0 bridgehead atoms. The molecule has 1 aromatic carbocycles. The topological polar surface area (TPSA) is 78.7 Å². The lowest BCUT2D eigenvalue weighted by atomic mass is 10.2. The van der Waals surface area contributed by atoms with Gasteiger partial charge in [0.25, 0.3) is 5.69 Å². The molecule has 1 heterocycles. The second-order valence-corrected chi connectivity index (χ2v) is 5.90. The van der Waals surface area contributed by atoms with Gasteiger partial charge in [0, 0.05) is 38.3 Å². The zero-order chi connectivity index (χ0) is 17.5. The third kappa shape index (κ3) is 4.85. The number of anilines is 1. The van der Waals surface area contributed by atoms with Gasteiger partial charge in [0.15, 0.2) is 0 Å². The van der Waals surface area contributed by atoms with E-state index in [1.807, 2.05) is 0 Å². The maximum atomic E-state index is 11.7. The Balaban J connectivity index is 1.97. The van der Waals surface area contributed by atoms with Crippen molar-refractivity contribution in [2.75, 3.05) is 44.2 Å². The van der Waals surface area contributed by atoms with Crippen molar-refractivity contribution >= 4 is 28.9 Å². The molecule has 128 valence electrons. The summed E-state index contributed by atoms with van der Waals surface area (Å²) in [6, 6.07) is 4.50. The fourth-order valence-corrected chi connectivity index (χ4v) is 2.94. The Hall–Kier alpha value is -2.30. The molecule has 0 saturated carbocycles. The summed E-state index contributed by atoms with van der Waals surface area (Å²) in [4.78, 5) is 26.2. The Labute approximate surface area is 145 Å². The van der Waals surface area contributed by atoms with E-state index >= 15 is 0 Å². The average molecular weight is 351 g/mol. The van der Waals surface area contributed by atoms with Gasteiger partial charge in [0.2, 0.25) is 5.91 Å². The standard InChI is InChI=1S/C16H19ClN4O3/c1-2-6-18-16(22)12-19-7-3-8-20(10-9-19)15-5-4-13(21(23)24)11-14(15)17/h1,4-5,11H,3,6-10,12H2,(H,18,22). The van der Waals surface area contributed by atoms with Crippen LogP contribution in [-0.4, -0.2) is 55.0 Å². The lowest BCUT2D eigenvalue weighted by Crippen LogP contribution is -2.39. The first kappa shape index (κ1) is 18.0. The van der Waals surface area contributed by atoms with Gasteiger partial charge in [-0.2, -0.15) is 0 Å². The molecule has 8 heteroatoms. The monoisotopic (exact) mass is 350 g/mol. The molecule has 0 atom stereocenters. The average Bonchev–Trinajstić information content (AvgIpc) is 2.78. The molecule has 1 N–H and O–H groups in total. The van der Waals surface area contributed by atoms with Crippen LogP contribution in [0.15, 0.2) is 18.2 Å². The number of benzene rings is 1. The lowest BCUT2D eigenvalue weighted by molar-refractivity contribution is -0.384. The molecule has 1 fully saturated rings. The Morgan fingerprint density at radius 2 is 2.17 bits per heavy atom. The van der Waals surface area contributed by atoms with E-state index < -0.39 is 4.92 Å². The zero-order valence-electron chi connectivity index (χ0n) is 13.2. The molecule has 0 aromatic heterocycles. The predicted molar refractivity (Wildman–Crippen MR) is 93.2 cm³/mol. The summed E-state index contributed by atoms with van der Waals surface area (Å²) in [6.07, 6.45) is 5.99. The van der Waals surface area contributed by atoms with Gasteiger partial charge >= 0.3 is 0 Å². The molecule has 0 aliphatic carbocycles. The Kier molecular flexibility index (Phi) is 6.41. The maximum absolute atomic E-state index is 11.7. The minimum absolute atomic E-state index is 0.0228. The summed E-state index contributed by atoms with van der Waals surface area (Å²) < 4.78 is 0. The van der Waals surface area contributed by atoms with Crippen LogP contribution in [0.3, 0.4) is 0 Å². The quantitative estimate of drug-likeness (QED) is 0.494. The summed E-state index contributed by atoms with van der Waals surface area (Å²) in [5.74, 6) is 2.29. The zero-order valence-corrected chi connectivity index (χ0v) is 14.0. The van der Waals surface area contributed by atoms with Crippen LogP contribution < -0.4 is 10.2 Å². The molecular weight excluding hydrogens is 332 g/mol. The number of nitro benzene ring substituents is 1. The largest absolute Gasteiger partial charge is 0.369 e. The molecule has 0 radical (unpaired) electrons. The van der Waals surface area contributed by atoms with E-state index in [9.17, 15) is 14.9 Å².